The number of carboxylic acids is 1. The maximum absolute atomic E-state index is 11.8. The maximum Gasteiger partial charge on any atom is 0.335 e. The Kier molecular flexibility index (Phi) is 6.85. The Hall–Kier alpha value is -2.08. The van der Waals surface area contributed by atoms with Gasteiger partial charge in [0.25, 0.3) is 0 Å². The van der Waals surface area contributed by atoms with Crippen molar-refractivity contribution in [3.8, 4) is 0 Å². The maximum atomic E-state index is 11.8. The topological polar surface area (TPSA) is 87.7 Å². The molecule has 0 saturated heterocycles. The van der Waals surface area contributed by atoms with E-state index in [4.69, 9.17) is 9.84 Å². The predicted octanol–water partition coefficient (Wildman–Crippen LogP) is 2.25. The molecule has 0 heterocycles. The number of carboxylic acid groups (broad SMARTS) is 1. The van der Waals surface area contributed by atoms with E-state index in [0.717, 1.165) is 5.56 Å². The first-order valence-corrected chi connectivity index (χ1v) is 7.26. The summed E-state index contributed by atoms with van der Waals surface area (Å²) >= 11 is 0. The first-order valence-electron chi connectivity index (χ1n) is 7.26. The monoisotopic (exact) mass is 308 g/mol. The second-order valence-electron chi connectivity index (χ2n) is 5.84. The van der Waals surface area contributed by atoms with Crippen LogP contribution in [0, 0.1) is 5.41 Å². The van der Waals surface area contributed by atoms with Crippen LogP contribution < -0.4 is 10.6 Å². The normalized spacial score (nSPS) is 11.0. The highest BCUT2D eigenvalue weighted by Crippen LogP contribution is 2.13. The molecule has 1 rings (SSSR count). The SMILES string of the molecule is CCOCC(C)(C)CNC(=O)NCc1ccc(C(=O)O)cc1. The van der Waals surface area contributed by atoms with Gasteiger partial charge in [0.15, 0.2) is 0 Å². The number of rotatable bonds is 8. The number of nitrogens with one attached hydrogen (secondary N) is 2. The molecule has 6 heteroatoms. The second kappa shape index (κ2) is 8.38. The zero-order chi connectivity index (χ0) is 16.6. The minimum atomic E-state index is -0.964. The van der Waals surface area contributed by atoms with Gasteiger partial charge >= 0.3 is 12.0 Å². The van der Waals surface area contributed by atoms with Gasteiger partial charge in [-0.1, -0.05) is 26.0 Å². The smallest absolute Gasteiger partial charge is 0.335 e. The number of carbonyl (C=O) groups excluding carboxylic acids is 1. The van der Waals surface area contributed by atoms with E-state index >= 15 is 0 Å². The fraction of sp³-hybridized carbons (Fsp3) is 0.500. The molecule has 3 N–H and O–H groups in total. The van der Waals surface area contributed by atoms with Gasteiger partial charge in [0.1, 0.15) is 0 Å². The van der Waals surface area contributed by atoms with E-state index in [1.54, 1.807) is 12.1 Å². The molecule has 1 aromatic carbocycles. The van der Waals surface area contributed by atoms with Crippen LogP contribution in [0.3, 0.4) is 0 Å². The van der Waals surface area contributed by atoms with Crippen LogP contribution in [0.5, 0.6) is 0 Å². The van der Waals surface area contributed by atoms with Gasteiger partial charge in [-0.15, -0.1) is 0 Å². The standard InChI is InChI=1S/C16H24N2O4/c1-4-22-11-16(2,3)10-18-15(21)17-9-12-5-7-13(8-6-12)14(19)20/h5-8H,4,9-11H2,1-3H3,(H,19,20)(H2,17,18,21). The highest BCUT2D eigenvalue weighted by molar-refractivity contribution is 5.87. The first kappa shape index (κ1) is 18.0. The molecule has 22 heavy (non-hydrogen) atoms. The summed E-state index contributed by atoms with van der Waals surface area (Å²) in [6, 6.07) is 6.14. The molecule has 0 aliphatic carbocycles. The van der Waals surface area contributed by atoms with Gasteiger partial charge < -0.3 is 20.5 Å². The quantitative estimate of drug-likeness (QED) is 0.687. The van der Waals surface area contributed by atoms with Gasteiger partial charge in [0.05, 0.1) is 12.2 Å². The molecule has 0 fully saturated rings. The third-order valence-corrected chi connectivity index (χ3v) is 3.08. The molecule has 0 unspecified atom stereocenters. The Balaban J connectivity index is 2.35. The Bertz CT molecular complexity index is 497. The highest BCUT2D eigenvalue weighted by atomic mass is 16.5. The van der Waals surface area contributed by atoms with E-state index in [9.17, 15) is 9.59 Å². The number of hydrogen-bond donors (Lipinski definition) is 3. The van der Waals surface area contributed by atoms with Crippen molar-refractivity contribution in [2.24, 2.45) is 5.41 Å². The summed E-state index contributed by atoms with van der Waals surface area (Å²) < 4.78 is 5.37. The van der Waals surface area contributed by atoms with Crippen molar-refractivity contribution >= 4 is 12.0 Å². The van der Waals surface area contributed by atoms with Crippen LogP contribution >= 0.6 is 0 Å². The highest BCUT2D eigenvalue weighted by Gasteiger charge is 2.18. The Morgan fingerprint density at radius 2 is 1.82 bits per heavy atom. The van der Waals surface area contributed by atoms with Crippen molar-refractivity contribution in [3.63, 3.8) is 0 Å². The van der Waals surface area contributed by atoms with E-state index in [2.05, 4.69) is 10.6 Å². The van der Waals surface area contributed by atoms with E-state index in [0.29, 0.717) is 26.3 Å². The molecule has 0 aliphatic heterocycles. The minimum absolute atomic E-state index is 0.128. The first-order chi connectivity index (χ1) is 10.3. The van der Waals surface area contributed by atoms with Crippen LogP contribution in [0.15, 0.2) is 24.3 Å². The number of ether oxygens (including phenoxy) is 1. The van der Waals surface area contributed by atoms with Crippen LogP contribution in [0.2, 0.25) is 0 Å². The lowest BCUT2D eigenvalue weighted by molar-refractivity contribution is 0.0696. The molecule has 0 aliphatic rings. The number of carbonyl (C=O) groups is 2. The Labute approximate surface area is 130 Å². The second-order valence-corrected chi connectivity index (χ2v) is 5.84. The molecular weight excluding hydrogens is 284 g/mol. The average molecular weight is 308 g/mol. The summed E-state index contributed by atoms with van der Waals surface area (Å²) in [6.45, 7) is 8.07. The number of benzene rings is 1. The Morgan fingerprint density at radius 1 is 1.18 bits per heavy atom. The zero-order valence-corrected chi connectivity index (χ0v) is 13.3. The number of amides is 2. The van der Waals surface area contributed by atoms with Crippen LogP contribution in [-0.4, -0.2) is 36.9 Å². The molecule has 1 aromatic rings. The largest absolute Gasteiger partial charge is 0.478 e. The van der Waals surface area contributed by atoms with Crippen molar-refractivity contribution < 1.29 is 19.4 Å². The summed E-state index contributed by atoms with van der Waals surface area (Å²) in [7, 11) is 0. The van der Waals surface area contributed by atoms with Gasteiger partial charge in [-0.3, -0.25) is 0 Å². The fourth-order valence-electron chi connectivity index (χ4n) is 1.76. The van der Waals surface area contributed by atoms with Crippen molar-refractivity contribution in [1.82, 2.24) is 10.6 Å². The van der Waals surface area contributed by atoms with Crippen LogP contribution in [0.1, 0.15) is 36.7 Å². The predicted molar refractivity (Wildman–Crippen MR) is 83.9 cm³/mol. The summed E-state index contributed by atoms with van der Waals surface area (Å²) in [6.07, 6.45) is 0. The van der Waals surface area contributed by atoms with Crippen molar-refractivity contribution in [2.45, 2.75) is 27.3 Å². The van der Waals surface area contributed by atoms with E-state index in [1.165, 1.54) is 12.1 Å². The molecule has 0 bridgehead atoms. The zero-order valence-electron chi connectivity index (χ0n) is 13.3. The number of hydrogen-bond acceptors (Lipinski definition) is 3. The van der Waals surface area contributed by atoms with Crippen molar-refractivity contribution in [2.75, 3.05) is 19.8 Å². The molecule has 0 atom stereocenters. The molecule has 0 radical (unpaired) electrons. The summed E-state index contributed by atoms with van der Waals surface area (Å²) in [5, 5.41) is 14.4. The van der Waals surface area contributed by atoms with Crippen LogP contribution in [-0.2, 0) is 11.3 Å². The lowest BCUT2D eigenvalue weighted by Gasteiger charge is -2.24. The minimum Gasteiger partial charge on any atom is -0.478 e. The molecule has 0 saturated carbocycles. The van der Waals surface area contributed by atoms with Crippen LogP contribution in [0.25, 0.3) is 0 Å². The third kappa shape index (κ3) is 6.58. The van der Waals surface area contributed by atoms with Crippen molar-refractivity contribution in [1.29, 1.82) is 0 Å². The summed E-state index contributed by atoms with van der Waals surface area (Å²) in [4.78, 5) is 22.5. The van der Waals surface area contributed by atoms with Crippen LogP contribution in [0.4, 0.5) is 4.79 Å². The Morgan fingerprint density at radius 3 is 2.36 bits per heavy atom. The lowest BCUT2D eigenvalue weighted by Crippen LogP contribution is -2.42. The fourth-order valence-corrected chi connectivity index (χ4v) is 1.76. The number of aromatic carboxylic acids is 1. The van der Waals surface area contributed by atoms with Crippen molar-refractivity contribution in [3.05, 3.63) is 35.4 Å². The van der Waals surface area contributed by atoms with Gasteiger partial charge in [-0.05, 0) is 24.6 Å². The summed E-state index contributed by atoms with van der Waals surface area (Å²) in [5.41, 5.74) is 0.941. The van der Waals surface area contributed by atoms with E-state index < -0.39 is 5.97 Å². The lowest BCUT2D eigenvalue weighted by atomic mass is 9.95. The van der Waals surface area contributed by atoms with Gasteiger partial charge in [-0.2, -0.15) is 0 Å². The molecule has 0 aromatic heterocycles. The molecular formula is C16H24N2O4. The van der Waals surface area contributed by atoms with Gasteiger partial charge in [0.2, 0.25) is 0 Å². The number of urea groups is 1. The average Bonchev–Trinajstić information content (AvgIpc) is 2.49. The van der Waals surface area contributed by atoms with E-state index in [1.807, 2.05) is 20.8 Å². The molecule has 6 nitrogen and oxygen atoms in total. The van der Waals surface area contributed by atoms with Gasteiger partial charge in [-0.25, -0.2) is 9.59 Å². The molecule has 0 spiro atoms. The molecule has 122 valence electrons. The molecule has 2 amide bonds. The third-order valence-electron chi connectivity index (χ3n) is 3.08. The van der Waals surface area contributed by atoms with Gasteiger partial charge in [0, 0.05) is 25.1 Å². The van der Waals surface area contributed by atoms with E-state index in [-0.39, 0.29) is 17.0 Å². The summed E-state index contributed by atoms with van der Waals surface area (Å²) in [5.74, 6) is -0.964.